The molecule has 2 aliphatic rings. The van der Waals surface area contributed by atoms with E-state index in [0.717, 1.165) is 38.4 Å². The van der Waals surface area contributed by atoms with Crippen LogP contribution in [-0.2, 0) is 0 Å². The Bertz CT molecular complexity index is 496. The van der Waals surface area contributed by atoms with E-state index in [4.69, 9.17) is 0 Å². The maximum Gasteiger partial charge on any atom is 0.321 e. The molecule has 21 heavy (non-hydrogen) atoms. The van der Waals surface area contributed by atoms with Crippen LogP contribution >= 0.6 is 0 Å². The molecule has 3 rings (SSSR count). The second-order valence-corrected chi connectivity index (χ2v) is 6.02. The Morgan fingerprint density at radius 3 is 2.57 bits per heavy atom. The van der Waals surface area contributed by atoms with E-state index in [1.165, 1.54) is 18.9 Å². The quantitative estimate of drug-likeness (QED) is 0.896. The van der Waals surface area contributed by atoms with Crippen LogP contribution in [0, 0.1) is 11.7 Å². The summed E-state index contributed by atoms with van der Waals surface area (Å²) < 4.78 is 13.5. The van der Waals surface area contributed by atoms with Crippen LogP contribution in [0.1, 0.15) is 25.7 Å². The lowest BCUT2D eigenvalue weighted by Gasteiger charge is -2.32. The van der Waals surface area contributed by atoms with Gasteiger partial charge in [0.2, 0.25) is 0 Å². The van der Waals surface area contributed by atoms with Crippen molar-refractivity contribution < 1.29 is 9.18 Å². The molecule has 0 unspecified atom stereocenters. The lowest BCUT2D eigenvalue weighted by Crippen LogP contribution is -2.46. The molecule has 2 N–H and O–H groups in total. The average Bonchev–Trinajstić information content (AvgIpc) is 3.32. The number of halogens is 1. The second-order valence-electron chi connectivity index (χ2n) is 6.02. The predicted octanol–water partition coefficient (Wildman–Crippen LogP) is 2.82. The topological polar surface area (TPSA) is 44.4 Å². The molecule has 1 heterocycles. The van der Waals surface area contributed by atoms with E-state index in [2.05, 4.69) is 10.6 Å². The number of benzene rings is 1. The molecule has 114 valence electrons. The minimum atomic E-state index is -0.396. The first-order chi connectivity index (χ1) is 10.2. The Morgan fingerprint density at radius 2 is 1.90 bits per heavy atom. The lowest BCUT2D eigenvalue weighted by atomic mass is 10.1. The zero-order valence-electron chi connectivity index (χ0n) is 12.1. The summed E-state index contributed by atoms with van der Waals surface area (Å²) in [6.45, 7) is 2.57. The van der Waals surface area contributed by atoms with Gasteiger partial charge in [0.05, 0.1) is 5.69 Å². The fourth-order valence-corrected chi connectivity index (χ4v) is 2.70. The molecule has 2 amide bonds. The van der Waals surface area contributed by atoms with Gasteiger partial charge in [0.1, 0.15) is 5.82 Å². The van der Waals surface area contributed by atoms with E-state index in [0.29, 0.717) is 6.04 Å². The molecule has 0 aromatic heterocycles. The van der Waals surface area contributed by atoms with E-state index >= 15 is 0 Å². The van der Waals surface area contributed by atoms with Crippen molar-refractivity contribution in [1.29, 1.82) is 0 Å². The maximum absolute atomic E-state index is 13.5. The zero-order valence-corrected chi connectivity index (χ0v) is 12.1. The van der Waals surface area contributed by atoms with Crippen LogP contribution in [0.5, 0.6) is 0 Å². The molecule has 1 saturated carbocycles. The third-order valence-electron chi connectivity index (χ3n) is 4.29. The number of amides is 2. The Labute approximate surface area is 124 Å². The van der Waals surface area contributed by atoms with Gasteiger partial charge in [-0.05, 0) is 50.3 Å². The minimum Gasteiger partial charge on any atom is -0.324 e. The van der Waals surface area contributed by atoms with Crippen molar-refractivity contribution >= 4 is 11.7 Å². The summed E-state index contributed by atoms with van der Waals surface area (Å²) in [5, 5.41) is 6.23. The van der Waals surface area contributed by atoms with Crippen LogP contribution in [-0.4, -0.2) is 36.6 Å². The highest BCUT2D eigenvalue weighted by atomic mass is 19.1. The van der Waals surface area contributed by atoms with Crippen molar-refractivity contribution in [3.05, 3.63) is 30.1 Å². The van der Waals surface area contributed by atoms with Gasteiger partial charge in [0.25, 0.3) is 0 Å². The normalized spacial score (nSPS) is 19.6. The van der Waals surface area contributed by atoms with E-state index in [-0.39, 0.29) is 11.7 Å². The molecular formula is C16H22FN3O. The maximum atomic E-state index is 13.5. The molecule has 0 atom stereocenters. The zero-order chi connectivity index (χ0) is 14.7. The van der Waals surface area contributed by atoms with Gasteiger partial charge < -0.3 is 15.5 Å². The number of carbonyl (C=O) groups is 1. The number of urea groups is 1. The van der Waals surface area contributed by atoms with Crippen LogP contribution in [0.2, 0.25) is 0 Å². The Kier molecular flexibility index (Phi) is 4.39. The predicted molar refractivity (Wildman–Crippen MR) is 80.7 cm³/mol. The monoisotopic (exact) mass is 291 g/mol. The summed E-state index contributed by atoms with van der Waals surface area (Å²) in [7, 11) is 0. The molecule has 0 radical (unpaired) electrons. The summed E-state index contributed by atoms with van der Waals surface area (Å²) in [4.78, 5) is 13.9. The Hall–Kier alpha value is -1.62. The van der Waals surface area contributed by atoms with Gasteiger partial charge in [0, 0.05) is 19.1 Å². The highest BCUT2D eigenvalue weighted by molar-refractivity contribution is 5.89. The Morgan fingerprint density at radius 1 is 1.19 bits per heavy atom. The van der Waals surface area contributed by atoms with E-state index in [1.54, 1.807) is 23.1 Å². The first-order valence-electron chi connectivity index (χ1n) is 7.76. The van der Waals surface area contributed by atoms with Crippen molar-refractivity contribution in [1.82, 2.24) is 10.2 Å². The average molecular weight is 291 g/mol. The number of likely N-dealkylation sites (tertiary alicyclic amines) is 1. The van der Waals surface area contributed by atoms with Crippen molar-refractivity contribution in [3.63, 3.8) is 0 Å². The van der Waals surface area contributed by atoms with Crippen LogP contribution < -0.4 is 10.6 Å². The SMILES string of the molecule is O=C(Nc1ccccc1F)N1CCC(NCC2CC2)CC1. The van der Waals surface area contributed by atoms with Crippen LogP contribution in [0.4, 0.5) is 14.9 Å². The molecule has 0 spiro atoms. The molecule has 5 heteroatoms. The van der Waals surface area contributed by atoms with Crippen molar-refractivity contribution in [3.8, 4) is 0 Å². The molecule has 4 nitrogen and oxygen atoms in total. The molecule has 0 bridgehead atoms. The third kappa shape index (κ3) is 3.94. The first kappa shape index (κ1) is 14.3. The molecule has 2 fully saturated rings. The molecular weight excluding hydrogens is 269 g/mol. The molecule has 1 saturated heterocycles. The minimum absolute atomic E-state index is 0.208. The van der Waals surface area contributed by atoms with Crippen molar-refractivity contribution in [2.24, 2.45) is 5.92 Å². The van der Waals surface area contributed by atoms with E-state index in [9.17, 15) is 9.18 Å². The second kappa shape index (κ2) is 6.43. The smallest absolute Gasteiger partial charge is 0.321 e. The number of piperidine rings is 1. The standard InChI is InChI=1S/C16H22FN3O/c17-14-3-1-2-4-15(14)19-16(21)20-9-7-13(8-10-20)18-11-12-5-6-12/h1-4,12-13,18H,5-11H2,(H,19,21). The van der Waals surface area contributed by atoms with Gasteiger partial charge in [-0.15, -0.1) is 0 Å². The van der Waals surface area contributed by atoms with Crippen LogP contribution in [0.25, 0.3) is 0 Å². The van der Waals surface area contributed by atoms with E-state index < -0.39 is 5.82 Å². The summed E-state index contributed by atoms with van der Waals surface area (Å²) in [6.07, 6.45) is 4.66. The van der Waals surface area contributed by atoms with Gasteiger partial charge in [-0.3, -0.25) is 0 Å². The first-order valence-corrected chi connectivity index (χ1v) is 7.76. The lowest BCUT2D eigenvalue weighted by molar-refractivity contribution is 0.188. The Balaban J connectivity index is 1.45. The van der Waals surface area contributed by atoms with Crippen molar-refractivity contribution in [2.45, 2.75) is 31.7 Å². The number of hydrogen-bond acceptors (Lipinski definition) is 2. The summed E-state index contributed by atoms with van der Waals surface area (Å²) in [5.74, 6) is 0.485. The summed E-state index contributed by atoms with van der Waals surface area (Å²) >= 11 is 0. The largest absolute Gasteiger partial charge is 0.324 e. The number of rotatable bonds is 4. The molecule has 1 aliphatic heterocycles. The summed E-state index contributed by atoms with van der Waals surface area (Å²) in [6, 6.07) is 6.57. The van der Waals surface area contributed by atoms with Gasteiger partial charge in [-0.25, -0.2) is 9.18 Å². The number of carbonyl (C=O) groups excluding carboxylic acids is 1. The fraction of sp³-hybridized carbons (Fsp3) is 0.562. The molecule has 1 aliphatic carbocycles. The molecule has 1 aromatic rings. The number of anilines is 1. The van der Waals surface area contributed by atoms with Gasteiger partial charge in [-0.2, -0.15) is 0 Å². The third-order valence-corrected chi connectivity index (χ3v) is 4.29. The van der Waals surface area contributed by atoms with Gasteiger partial charge >= 0.3 is 6.03 Å². The molecule has 1 aromatic carbocycles. The van der Waals surface area contributed by atoms with Gasteiger partial charge in [0.15, 0.2) is 0 Å². The summed E-state index contributed by atoms with van der Waals surface area (Å²) in [5.41, 5.74) is 0.247. The van der Waals surface area contributed by atoms with E-state index in [1.807, 2.05) is 0 Å². The number of hydrogen-bond donors (Lipinski definition) is 2. The number of nitrogens with zero attached hydrogens (tertiary/aromatic N) is 1. The fourth-order valence-electron chi connectivity index (χ4n) is 2.70. The highest BCUT2D eigenvalue weighted by Gasteiger charge is 2.26. The highest BCUT2D eigenvalue weighted by Crippen LogP contribution is 2.28. The van der Waals surface area contributed by atoms with Gasteiger partial charge in [-0.1, -0.05) is 12.1 Å². The number of nitrogens with one attached hydrogen (secondary N) is 2. The van der Waals surface area contributed by atoms with Crippen molar-refractivity contribution in [2.75, 3.05) is 25.0 Å². The van der Waals surface area contributed by atoms with Crippen LogP contribution in [0.3, 0.4) is 0 Å². The number of para-hydroxylation sites is 1. The van der Waals surface area contributed by atoms with Crippen LogP contribution in [0.15, 0.2) is 24.3 Å².